The van der Waals surface area contributed by atoms with Gasteiger partial charge in [0.25, 0.3) is 0 Å². The van der Waals surface area contributed by atoms with Gasteiger partial charge in [-0.05, 0) is 36.2 Å². The van der Waals surface area contributed by atoms with Crippen molar-refractivity contribution in [1.82, 2.24) is 5.32 Å². The normalized spacial score (nSPS) is 11.0. The molecule has 0 atom stereocenters. The molecule has 0 unspecified atom stereocenters. The fourth-order valence-corrected chi connectivity index (χ4v) is 3.27. The van der Waals surface area contributed by atoms with E-state index < -0.39 is 10.0 Å². The predicted octanol–water partition coefficient (Wildman–Crippen LogP) is 2.09. The topological polar surface area (TPSA) is 75.7 Å². The summed E-state index contributed by atoms with van der Waals surface area (Å²) in [6.45, 7) is 1.86. The first-order chi connectivity index (χ1) is 11.8. The van der Waals surface area contributed by atoms with Crippen LogP contribution >= 0.6 is 0 Å². The zero-order valence-electron chi connectivity index (χ0n) is 14.5. The Bertz CT molecular complexity index is 832. The van der Waals surface area contributed by atoms with Crippen molar-refractivity contribution in [3.05, 3.63) is 59.7 Å². The molecule has 7 heteroatoms. The predicted molar refractivity (Wildman–Crippen MR) is 98.2 cm³/mol. The fourth-order valence-electron chi connectivity index (χ4n) is 2.35. The molecule has 134 valence electrons. The number of carbonyl (C=O) groups is 1. The highest BCUT2D eigenvalue weighted by molar-refractivity contribution is 7.92. The summed E-state index contributed by atoms with van der Waals surface area (Å²) in [5.74, 6) is 0.363. The highest BCUT2D eigenvalue weighted by Crippen LogP contribution is 2.21. The van der Waals surface area contributed by atoms with E-state index in [-0.39, 0.29) is 12.5 Å². The molecular formula is C18H22N2O4S. The number of ether oxygens (including phenoxy) is 1. The standard InChI is InChI=1S/C18H22N2O4S/c1-14-6-4-5-7-17(14)20(25(3,22)23)13-18(21)19-12-15-8-10-16(24-2)11-9-15/h4-11H,12-13H2,1-3H3,(H,19,21). The Kier molecular flexibility index (Phi) is 6.03. The molecule has 0 saturated heterocycles. The third kappa shape index (κ3) is 5.22. The maximum absolute atomic E-state index is 12.2. The zero-order chi connectivity index (χ0) is 18.4. The average molecular weight is 362 g/mol. The first kappa shape index (κ1) is 18.8. The van der Waals surface area contributed by atoms with Crippen LogP contribution in [-0.2, 0) is 21.4 Å². The zero-order valence-corrected chi connectivity index (χ0v) is 15.3. The SMILES string of the molecule is COc1ccc(CNC(=O)CN(c2ccccc2C)S(C)(=O)=O)cc1. The van der Waals surface area contributed by atoms with Gasteiger partial charge in [-0.3, -0.25) is 9.10 Å². The summed E-state index contributed by atoms with van der Waals surface area (Å²) in [6.07, 6.45) is 1.09. The minimum atomic E-state index is -3.57. The number of anilines is 1. The van der Waals surface area contributed by atoms with Crippen LogP contribution in [0.2, 0.25) is 0 Å². The maximum atomic E-state index is 12.2. The molecule has 2 aromatic carbocycles. The molecule has 2 rings (SSSR count). The largest absolute Gasteiger partial charge is 0.497 e. The van der Waals surface area contributed by atoms with E-state index in [0.29, 0.717) is 12.2 Å². The first-order valence-corrected chi connectivity index (χ1v) is 9.59. The quantitative estimate of drug-likeness (QED) is 0.818. The lowest BCUT2D eigenvalue weighted by atomic mass is 10.2. The molecule has 0 bridgehead atoms. The van der Waals surface area contributed by atoms with Crippen LogP contribution in [0.1, 0.15) is 11.1 Å². The Balaban J connectivity index is 2.06. The van der Waals surface area contributed by atoms with Crippen molar-refractivity contribution >= 4 is 21.6 Å². The molecule has 0 radical (unpaired) electrons. The Morgan fingerprint density at radius 3 is 2.32 bits per heavy atom. The molecule has 0 aromatic heterocycles. The number of nitrogens with one attached hydrogen (secondary N) is 1. The van der Waals surface area contributed by atoms with Crippen LogP contribution in [0.3, 0.4) is 0 Å². The van der Waals surface area contributed by atoms with Gasteiger partial charge in [-0.15, -0.1) is 0 Å². The molecule has 2 aromatic rings. The second-order valence-electron chi connectivity index (χ2n) is 5.68. The van der Waals surface area contributed by atoms with Gasteiger partial charge in [-0.1, -0.05) is 30.3 Å². The molecule has 0 fully saturated rings. The van der Waals surface area contributed by atoms with E-state index in [1.54, 1.807) is 31.4 Å². The number of sulfonamides is 1. The Morgan fingerprint density at radius 1 is 1.12 bits per heavy atom. The van der Waals surface area contributed by atoms with Gasteiger partial charge >= 0.3 is 0 Å². The van der Waals surface area contributed by atoms with Crippen molar-refractivity contribution in [2.24, 2.45) is 0 Å². The number of rotatable bonds is 7. The number of para-hydroxylation sites is 1. The van der Waals surface area contributed by atoms with Crippen molar-refractivity contribution in [2.75, 3.05) is 24.2 Å². The first-order valence-electron chi connectivity index (χ1n) is 7.74. The molecule has 0 heterocycles. The molecule has 25 heavy (non-hydrogen) atoms. The average Bonchev–Trinajstić information content (AvgIpc) is 2.58. The van der Waals surface area contributed by atoms with E-state index in [9.17, 15) is 13.2 Å². The molecule has 0 aliphatic carbocycles. The van der Waals surface area contributed by atoms with Crippen LogP contribution in [0.15, 0.2) is 48.5 Å². The minimum Gasteiger partial charge on any atom is -0.497 e. The number of amides is 1. The monoisotopic (exact) mass is 362 g/mol. The van der Waals surface area contributed by atoms with Crippen molar-refractivity contribution < 1.29 is 17.9 Å². The number of hydrogen-bond donors (Lipinski definition) is 1. The summed E-state index contributed by atoms with van der Waals surface area (Å²) in [4.78, 5) is 12.2. The Morgan fingerprint density at radius 2 is 1.76 bits per heavy atom. The van der Waals surface area contributed by atoms with E-state index in [1.807, 2.05) is 31.2 Å². The van der Waals surface area contributed by atoms with Gasteiger partial charge in [-0.2, -0.15) is 0 Å². The number of nitrogens with zero attached hydrogens (tertiary/aromatic N) is 1. The second-order valence-corrected chi connectivity index (χ2v) is 7.59. The van der Waals surface area contributed by atoms with E-state index >= 15 is 0 Å². The third-order valence-electron chi connectivity index (χ3n) is 3.72. The van der Waals surface area contributed by atoms with Gasteiger partial charge in [0.2, 0.25) is 15.9 Å². The Hall–Kier alpha value is -2.54. The van der Waals surface area contributed by atoms with Gasteiger partial charge in [0.1, 0.15) is 12.3 Å². The highest BCUT2D eigenvalue weighted by atomic mass is 32.2. The molecule has 1 N–H and O–H groups in total. The minimum absolute atomic E-state index is 0.264. The van der Waals surface area contributed by atoms with Gasteiger partial charge in [0.15, 0.2) is 0 Å². The van der Waals surface area contributed by atoms with Crippen molar-refractivity contribution in [1.29, 1.82) is 0 Å². The Labute approximate surface area is 148 Å². The van der Waals surface area contributed by atoms with Gasteiger partial charge in [-0.25, -0.2) is 8.42 Å². The summed E-state index contributed by atoms with van der Waals surface area (Å²) < 4.78 is 30.4. The molecule has 6 nitrogen and oxygen atoms in total. The van der Waals surface area contributed by atoms with Crippen LogP contribution in [0, 0.1) is 6.92 Å². The number of carbonyl (C=O) groups excluding carboxylic acids is 1. The smallest absolute Gasteiger partial charge is 0.241 e. The summed E-state index contributed by atoms with van der Waals surface area (Å²) in [5, 5.41) is 2.74. The molecular weight excluding hydrogens is 340 g/mol. The van der Waals surface area contributed by atoms with E-state index in [2.05, 4.69) is 5.32 Å². The summed E-state index contributed by atoms with van der Waals surface area (Å²) in [5.41, 5.74) is 2.19. The molecule has 1 amide bonds. The van der Waals surface area contributed by atoms with Gasteiger partial charge in [0, 0.05) is 6.54 Å². The molecule has 0 aliphatic heterocycles. The lowest BCUT2D eigenvalue weighted by Gasteiger charge is -2.23. The lowest BCUT2D eigenvalue weighted by Crippen LogP contribution is -2.40. The van der Waals surface area contributed by atoms with E-state index in [1.165, 1.54) is 0 Å². The van der Waals surface area contributed by atoms with Gasteiger partial charge < -0.3 is 10.1 Å². The van der Waals surface area contributed by atoms with Crippen LogP contribution < -0.4 is 14.4 Å². The van der Waals surface area contributed by atoms with E-state index in [4.69, 9.17) is 4.74 Å². The van der Waals surface area contributed by atoms with Crippen LogP contribution in [-0.4, -0.2) is 34.2 Å². The molecule has 0 spiro atoms. The van der Waals surface area contributed by atoms with E-state index in [0.717, 1.165) is 27.4 Å². The van der Waals surface area contributed by atoms with Crippen molar-refractivity contribution in [3.8, 4) is 5.75 Å². The number of methoxy groups -OCH3 is 1. The van der Waals surface area contributed by atoms with Crippen LogP contribution in [0.4, 0.5) is 5.69 Å². The number of benzene rings is 2. The fraction of sp³-hybridized carbons (Fsp3) is 0.278. The van der Waals surface area contributed by atoms with Gasteiger partial charge in [0.05, 0.1) is 19.1 Å². The molecule has 0 saturated carbocycles. The highest BCUT2D eigenvalue weighted by Gasteiger charge is 2.21. The van der Waals surface area contributed by atoms with Crippen LogP contribution in [0.5, 0.6) is 5.75 Å². The van der Waals surface area contributed by atoms with Crippen molar-refractivity contribution in [3.63, 3.8) is 0 Å². The van der Waals surface area contributed by atoms with Crippen LogP contribution in [0.25, 0.3) is 0 Å². The lowest BCUT2D eigenvalue weighted by molar-refractivity contribution is -0.119. The summed E-state index contributed by atoms with van der Waals surface area (Å²) >= 11 is 0. The number of hydrogen-bond acceptors (Lipinski definition) is 4. The maximum Gasteiger partial charge on any atom is 0.241 e. The molecule has 0 aliphatic rings. The second kappa shape index (κ2) is 8.02. The summed E-state index contributed by atoms with van der Waals surface area (Å²) in [6, 6.07) is 14.4. The third-order valence-corrected chi connectivity index (χ3v) is 4.85. The summed E-state index contributed by atoms with van der Waals surface area (Å²) in [7, 11) is -1.99. The van der Waals surface area contributed by atoms with Crippen molar-refractivity contribution in [2.45, 2.75) is 13.5 Å². The number of aryl methyl sites for hydroxylation is 1.